The van der Waals surface area contributed by atoms with Gasteiger partial charge in [0.25, 0.3) is 0 Å². The van der Waals surface area contributed by atoms with Crippen LogP contribution in [0.5, 0.6) is 0 Å². The smallest absolute Gasteiger partial charge is 0.338 e. The Morgan fingerprint density at radius 1 is 0.794 bits per heavy atom. The quantitative estimate of drug-likeness (QED) is 0.103. The molecule has 0 saturated heterocycles. The topological polar surface area (TPSA) is 77.3 Å². The number of Topliss-reactive ketones (excluding diaryl/α,β-unsaturated/α-hetero) is 1. The number of likely N-dealkylation sites (N-methyl/N-ethyl adjacent to an activating group) is 1. The van der Waals surface area contributed by atoms with Crippen LogP contribution >= 0.6 is 7.82 Å². The zero-order valence-electron chi connectivity index (χ0n) is 23.0. The molecule has 0 aliphatic rings. The molecule has 0 bridgehead atoms. The van der Waals surface area contributed by atoms with Crippen LogP contribution in [0, 0.1) is 5.92 Å². The fraction of sp³-hybridized carbons (Fsp3) is 0.963. The summed E-state index contributed by atoms with van der Waals surface area (Å²) in [6.45, 7) is 5.04. The molecule has 0 saturated carbocycles. The Hall–Kier alpha value is -0.260. The lowest BCUT2D eigenvalue weighted by atomic mass is 9.95. The molecular formula is C27H57NO5P+. The highest BCUT2D eigenvalue weighted by atomic mass is 31.2. The molecule has 0 heterocycles. The van der Waals surface area contributed by atoms with Gasteiger partial charge < -0.3 is 9.79 Å². The van der Waals surface area contributed by atoms with Crippen molar-refractivity contribution in [1.29, 1.82) is 0 Å². The van der Waals surface area contributed by atoms with Crippen LogP contribution in [0.4, 0.5) is 0 Å². The van der Waals surface area contributed by atoms with Crippen molar-refractivity contribution in [2.24, 2.45) is 5.92 Å². The highest BCUT2D eigenvalue weighted by molar-refractivity contribution is 7.47. The average Bonchev–Trinajstić information content (AvgIpc) is 2.79. The van der Waals surface area contributed by atoms with E-state index in [2.05, 4.69) is 6.92 Å². The third-order valence-electron chi connectivity index (χ3n) is 6.46. The van der Waals surface area contributed by atoms with Crippen molar-refractivity contribution in [2.45, 2.75) is 129 Å². The molecule has 0 spiro atoms. The maximum Gasteiger partial charge on any atom is 0.472 e. The summed E-state index contributed by atoms with van der Waals surface area (Å²) in [5.41, 5.74) is 0. The minimum Gasteiger partial charge on any atom is -0.338 e. The Bertz CT molecular complexity index is 515. The molecule has 0 aromatic rings. The summed E-state index contributed by atoms with van der Waals surface area (Å²) >= 11 is 0. The SMILES string of the molecule is CCCCCCCCCCCCCCCCCC(COP(=O)(O)OCC[NH+](C)C)CC(=O)CC. The number of hydrogen-bond acceptors (Lipinski definition) is 4. The first-order valence-electron chi connectivity index (χ1n) is 14.2. The summed E-state index contributed by atoms with van der Waals surface area (Å²) in [5.74, 6) is 0.164. The predicted molar refractivity (Wildman–Crippen MR) is 142 cm³/mol. The first-order chi connectivity index (χ1) is 16.3. The molecule has 34 heavy (non-hydrogen) atoms. The number of carbonyl (C=O) groups excluding carboxylic acids is 1. The number of phosphoric acid groups is 1. The Labute approximate surface area is 211 Å². The first-order valence-corrected chi connectivity index (χ1v) is 15.7. The molecule has 0 amide bonds. The van der Waals surface area contributed by atoms with E-state index < -0.39 is 7.82 Å². The summed E-state index contributed by atoms with van der Waals surface area (Å²) in [4.78, 5) is 23.0. The second kappa shape index (κ2) is 23.2. The van der Waals surface area contributed by atoms with Crippen molar-refractivity contribution >= 4 is 13.6 Å². The number of phosphoric ester groups is 1. The van der Waals surface area contributed by atoms with Crippen LogP contribution in [-0.2, 0) is 18.4 Å². The summed E-state index contributed by atoms with van der Waals surface area (Å²) < 4.78 is 22.3. The van der Waals surface area contributed by atoms with Gasteiger partial charge in [0.2, 0.25) is 0 Å². The Morgan fingerprint density at radius 2 is 1.26 bits per heavy atom. The zero-order chi connectivity index (χ0) is 25.5. The van der Waals surface area contributed by atoms with Gasteiger partial charge in [-0.15, -0.1) is 0 Å². The van der Waals surface area contributed by atoms with Gasteiger partial charge in [0.1, 0.15) is 18.9 Å². The number of rotatable bonds is 26. The van der Waals surface area contributed by atoms with Crippen molar-refractivity contribution in [1.82, 2.24) is 0 Å². The van der Waals surface area contributed by atoms with Crippen molar-refractivity contribution < 1.29 is 28.2 Å². The van der Waals surface area contributed by atoms with Crippen LogP contribution in [0.3, 0.4) is 0 Å². The number of carbonyl (C=O) groups is 1. The number of hydrogen-bond donors (Lipinski definition) is 2. The summed E-state index contributed by atoms with van der Waals surface area (Å²) in [6.07, 6.45) is 21.6. The van der Waals surface area contributed by atoms with Gasteiger partial charge in [-0.1, -0.05) is 110 Å². The molecule has 0 aliphatic heterocycles. The van der Waals surface area contributed by atoms with Gasteiger partial charge >= 0.3 is 7.82 Å². The molecule has 0 radical (unpaired) electrons. The summed E-state index contributed by atoms with van der Waals surface area (Å²) in [6, 6.07) is 0. The number of quaternary nitrogens is 1. The normalized spacial score (nSPS) is 14.4. The second-order valence-electron chi connectivity index (χ2n) is 10.3. The van der Waals surface area contributed by atoms with Gasteiger partial charge in [0.05, 0.1) is 20.7 Å². The van der Waals surface area contributed by atoms with E-state index in [0.717, 1.165) is 24.2 Å². The summed E-state index contributed by atoms with van der Waals surface area (Å²) in [5, 5.41) is 0. The van der Waals surface area contributed by atoms with E-state index >= 15 is 0 Å². The maximum atomic E-state index is 12.1. The molecule has 0 aliphatic carbocycles. The van der Waals surface area contributed by atoms with Gasteiger partial charge in [-0.3, -0.25) is 13.8 Å². The predicted octanol–water partition coefficient (Wildman–Crippen LogP) is 6.51. The van der Waals surface area contributed by atoms with Gasteiger partial charge in [-0.25, -0.2) is 4.57 Å². The fourth-order valence-electron chi connectivity index (χ4n) is 4.12. The molecular weight excluding hydrogens is 449 g/mol. The third-order valence-corrected chi connectivity index (χ3v) is 7.44. The molecule has 2 atom stereocenters. The minimum atomic E-state index is -4.05. The molecule has 0 aromatic heterocycles. The Balaban J connectivity index is 3.85. The highest BCUT2D eigenvalue weighted by Gasteiger charge is 2.24. The Morgan fingerprint density at radius 3 is 1.71 bits per heavy atom. The lowest BCUT2D eigenvalue weighted by Gasteiger charge is -2.19. The number of nitrogens with one attached hydrogen (secondary N) is 1. The van der Waals surface area contributed by atoms with Crippen LogP contribution in [0.25, 0.3) is 0 Å². The molecule has 0 rings (SSSR count). The van der Waals surface area contributed by atoms with Crippen LogP contribution in [0.2, 0.25) is 0 Å². The van der Waals surface area contributed by atoms with Gasteiger partial charge in [-0.05, 0) is 12.3 Å². The van der Waals surface area contributed by atoms with Crippen LogP contribution in [0.1, 0.15) is 129 Å². The second-order valence-corrected chi connectivity index (χ2v) is 11.7. The standard InChI is InChI=1S/C27H56NO5P/c1-5-7-8-9-10-11-12-13-14-15-16-17-18-19-20-21-26(24-27(29)6-2)25-33-34(30,31)32-23-22-28(3)4/h26H,5-25H2,1-4H3,(H,30,31)/p+1. The van der Waals surface area contributed by atoms with E-state index in [-0.39, 0.29) is 24.9 Å². The van der Waals surface area contributed by atoms with E-state index in [9.17, 15) is 14.3 Å². The van der Waals surface area contributed by atoms with Crippen molar-refractivity contribution in [3.63, 3.8) is 0 Å². The minimum absolute atomic E-state index is 0.0158. The molecule has 6 nitrogen and oxygen atoms in total. The van der Waals surface area contributed by atoms with E-state index in [1.165, 1.54) is 83.5 Å². The molecule has 2 N–H and O–H groups in total. The highest BCUT2D eigenvalue weighted by Crippen LogP contribution is 2.43. The first kappa shape index (κ1) is 33.7. The van der Waals surface area contributed by atoms with Crippen LogP contribution in [0.15, 0.2) is 0 Å². The molecule has 7 heteroatoms. The van der Waals surface area contributed by atoms with E-state index in [1.807, 2.05) is 21.0 Å². The molecule has 0 fully saturated rings. The molecule has 0 aromatic carbocycles. The van der Waals surface area contributed by atoms with E-state index in [1.54, 1.807) is 0 Å². The van der Waals surface area contributed by atoms with Crippen molar-refractivity contribution in [2.75, 3.05) is 33.9 Å². The van der Waals surface area contributed by atoms with E-state index in [4.69, 9.17) is 9.05 Å². The van der Waals surface area contributed by atoms with Gasteiger partial charge in [0.15, 0.2) is 0 Å². The number of ketones is 1. The van der Waals surface area contributed by atoms with Crippen molar-refractivity contribution in [3.05, 3.63) is 0 Å². The van der Waals surface area contributed by atoms with Crippen molar-refractivity contribution in [3.8, 4) is 0 Å². The lowest BCUT2D eigenvalue weighted by Crippen LogP contribution is -3.06. The van der Waals surface area contributed by atoms with Crippen LogP contribution < -0.4 is 4.90 Å². The number of unbranched alkanes of at least 4 members (excludes halogenated alkanes) is 14. The zero-order valence-corrected chi connectivity index (χ0v) is 23.8. The molecule has 204 valence electrons. The Kier molecular flexibility index (Phi) is 23.0. The fourth-order valence-corrected chi connectivity index (χ4v) is 4.91. The summed E-state index contributed by atoms with van der Waals surface area (Å²) in [7, 11) is -0.145. The van der Waals surface area contributed by atoms with E-state index in [0.29, 0.717) is 19.4 Å². The average molecular weight is 507 g/mol. The maximum absolute atomic E-state index is 12.1. The molecule has 2 unspecified atom stereocenters. The van der Waals surface area contributed by atoms with Gasteiger partial charge in [-0.2, -0.15) is 0 Å². The largest absolute Gasteiger partial charge is 0.472 e. The van der Waals surface area contributed by atoms with Crippen LogP contribution in [-0.4, -0.2) is 44.5 Å². The lowest BCUT2D eigenvalue weighted by molar-refractivity contribution is -0.858. The monoisotopic (exact) mass is 506 g/mol. The third kappa shape index (κ3) is 23.5. The van der Waals surface area contributed by atoms with Gasteiger partial charge in [0, 0.05) is 12.8 Å².